The third kappa shape index (κ3) is 1.95. The second kappa shape index (κ2) is 3.91. The summed E-state index contributed by atoms with van der Waals surface area (Å²) in [6, 6.07) is 6.02. The zero-order valence-electron chi connectivity index (χ0n) is 9.60. The Morgan fingerprint density at radius 1 is 1.50 bits per heavy atom. The van der Waals surface area contributed by atoms with Gasteiger partial charge in [0, 0.05) is 6.04 Å². The van der Waals surface area contributed by atoms with Crippen LogP contribution >= 0.6 is 0 Å². The van der Waals surface area contributed by atoms with Gasteiger partial charge in [-0.2, -0.15) is 0 Å². The molecule has 3 nitrogen and oxygen atoms in total. The topological polar surface area (TPSA) is 63.3 Å². The van der Waals surface area contributed by atoms with Crippen LogP contribution in [0.1, 0.15) is 29.2 Å². The maximum absolute atomic E-state index is 10.8. The molecule has 3 unspecified atom stereocenters. The Bertz CT molecular complexity index is 428. The van der Waals surface area contributed by atoms with Gasteiger partial charge in [-0.25, -0.2) is 0 Å². The van der Waals surface area contributed by atoms with E-state index in [2.05, 4.69) is 6.07 Å². The molecule has 3 heteroatoms. The number of aryl methyl sites for hydroxylation is 2. The lowest BCUT2D eigenvalue weighted by Gasteiger charge is -2.15. The Morgan fingerprint density at radius 3 is 2.75 bits per heavy atom. The van der Waals surface area contributed by atoms with Crippen molar-refractivity contribution < 1.29 is 9.90 Å². The van der Waals surface area contributed by atoms with E-state index in [4.69, 9.17) is 10.8 Å². The van der Waals surface area contributed by atoms with Gasteiger partial charge in [0.1, 0.15) is 0 Å². The first-order valence-corrected chi connectivity index (χ1v) is 5.56. The van der Waals surface area contributed by atoms with Gasteiger partial charge in [-0.05, 0) is 37.3 Å². The number of aliphatic carboxylic acids is 1. The van der Waals surface area contributed by atoms with Crippen molar-refractivity contribution in [2.75, 3.05) is 0 Å². The van der Waals surface area contributed by atoms with Crippen molar-refractivity contribution in [2.24, 2.45) is 17.6 Å². The third-order valence-electron chi connectivity index (χ3n) is 3.41. The van der Waals surface area contributed by atoms with Crippen LogP contribution in [0.2, 0.25) is 0 Å². The summed E-state index contributed by atoms with van der Waals surface area (Å²) in [6.45, 7) is 4.05. The molecule has 1 saturated carbocycles. The van der Waals surface area contributed by atoms with Gasteiger partial charge < -0.3 is 10.8 Å². The summed E-state index contributed by atoms with van der Waals surface area (Å²) in [6.07, 6.45) is 0.712. The van der Waals surface area contributed by atoms with E-state index in [0.717, 1.165) is 11.1 Å². The molecule has 0 spiro atoms. The van der Waals surface area contributed by atoms with Crippen LogP contribution in [-0.2, 0) is 4.79 Å². The van der Waals surface area contributed by atoms with Crippen LogP contribution in [0, 0.1) is 25.7 Å². The third-order valence-corrected chi connectivity index (χ3v) is 3.41. The average Bonchev–Trinajstić information content (AvgIpc) is 3.00. The Hall–Kier alpha value is -1.35. The fraction of sp³-hybridized carbons (Fsp3) is 0.462. The standard InChI is InChI=1S/C13H17NO2/c1-7-3-4-8(2)9(5-7)12(14)10-6-11(10)13(15)16/h3-5,10-12H,6,14H2,1-2H3,(H,15,16). The van der Waals surface area contributed by atoms with Gasteiger partial charge in [0.2, 0.25) is 0 Å². The molecule has 0 heterocycles. The van der Waals surface area contributed by atoms with Crippen molar-refractivity contribution in [3.05, 3.63) is 34.9 Å². The van der Waals surface area contributed by atoms with Gasteiger partial charge in [0.05, 0.1) is 5.92 Å². The first-order chi connectivity index (χ1) is 7.50. The maximum Gasteiger partial charge on any atom is 0.306 e. The molecule has 2 rings (SSSR count). The number of benzene rings is 1. The van der Waals surface area contributed by atoms with E-state index in [1.165, 1.54) is 5.56 Å². The minimum absolute atomic E-state index is 0.109. The van der Waals surface area contributed by atoms with E-state index in [0.29, 0.717) is 6.42 Å². The smallest absolute Gasteiger partial charge is 0.306 e. The molecule has 0 aliphatic heterocycles. The van der Waals surface area contributed by atoms with Crippen molar-refractivity contribution in [1.29, 1.82) is 0 Å². The predicted molar refractivity (Wildman–Crippen MR) is 62.1 cm³/mol. The molecule has 1 aliphatic carbocycles. The number of carboxylic acids is 1. The molecule has 16 heavy (non-hydrogen) atoms. The minimum Gasteiger partial charge on any atom is -0.481 e. The zero-order valence-corrected chi connectivity index (χ0v) is 9.60. The number of hydrogen-bond donors (Lipinski definition) is 2. The van der Waals surface area contributed by atoms with E-state index in [-0.39, 0.29) is 17.9 Å². The summed E-state index contributed by atoms with van der Waals surface area (Å²) < 4.78 is 0. The van der Waals surface area contributed by atoms with Crippen molar-refractivity contribution in [2.45, 2.75) is 26.3 Å². The average molecular weight is 219 g/mol. The Labute approximate surface area is 95.3 Å². The van der Waals surface area contributed by atoms with Crippen LogP contribution < -0.4 is 5.73 Å². The van der Waals surface area contributed by atoms with Crippen LogP contribution in [0.4, 0.5) is 0 Å². The van der Waals surface area contributed by atoms with Crippen molar-refractivity contribution in [3.63, 3.8) is 0 Å². The van der Waals surface area contributed by atoms with Crippen molar-refractivity contribution in [3.8, 4) is 0 Å². The lowest BCUT2D eigenvalue weighted by Crippen LogP contribution is -2.17. The number of rotatable bonds is 3. The molecule has 0 bridgehead atoms. The van der Waals surface area contributed by atoms with Crippen LogP contribution in [0.25, 0.3) is 0 Å². The van der Waals surface area contributed by atoms with Gasteiger partial charge in [0.25, 0.3) is 0 Å². The maximum atomic E-state index is 10.8. The number of hydrogen-bond acceptors (Lipinski definition) is 2. The van der Waals surface area contributed by atoms with Gasteiger partial charge in [0.15, 0.2) is 0 Å². The summed E-state index contributed by atoms with van der Waals surface area (Å²) in [5, 5.41) is 8.89. The van der Waals surface area contributed by atoms with Crippen molar-refractivity contribution in [1.82, 2.24) is 0 Å². The van der Waals surface area contributed by atoms with Crippen molar-refractivity contribution >= 4 is 5.97 Å². The molecule has 86 valence electrons. The normalized spacial score (nSPS) is 25.2. The van der Waals surface area contributed by atoms with Gasteiger partial charge in [-0.3, -0.25) is 4.79 Å². The van der Waals surface area contributed by atoms with Crippen LogP contribution in [0.5, 0.6) is 0 Å². The van der Waals surface area contributed by atoms with Crippen LogP contribution in [0.3, 0.4) is 0 Å². The van der Waals surface area contributed by atoms with E-state index in [1.54, 1.807) is 0 Å². The zero-order chi connectivity index (χ0) is 11.9. The molecule has 0 radical (unpaired) electrons. The highest BCUT2D eigenvalue weighted by molar-refractivity contribution is 5.73. The molecule has 1 aromatic carbocycles. The summed E-state index contributed by atoms with van der Waals surface area (Å²) >= 11 is 0. The van der Waals surface area contributed by atoms with Crippen LogP contribution in [-0.4, -0.2) is 11.1 Å². The fourth-order valence-corrected chi connectivity index (χ4v) is 2.25. The highest BCUT2D eigenvalue weighted by atomic mass is 16.4. The Kier molecular flexibility index (Phi) is 2.72. The number of carboxylic acid groups (broad SMARTS) is 1. The molecule has 0 amide bonds. The molecular formula is C13H17NO2. The fourth-order valence-electron chi connectivity index (χ4n) is 2.25. The molecule has 0 aromatic heterocycles. The second-order valence-electron chi connectivity index (χ2n) is 4.73. The molecule has 0 saturated heterocycles. The largest absolute Gasteiger partial charge is 0.481 e. The first-order valence-electron chi connectivity index (χ1n) is 5.56. The summed E-state index contributed by atoms with van der Waals surface area (Å²) in [5.41, 5.74) is 9.54. The van der Waals surface area contributed by atoms with E-state index < -0.39 is 5.97 Å². The lowest BCUT2D eigenvalue weighted by atomic mass is 9.95. The molecule has 1 aliphatic rings. The molecule has 3 atom stereocenters. The molecule has 1 fully saturated rings. The highest BCUT2D eigenvalue weighted by Gasteiger charge is 2.47. The monoisotopic (exact) mass is 219 g/mol. The lowest BCUT2D eigenvalue weighted by molar-refractivity contribution is -0.138. The molecule has 3 N–H and O–H groups in total. The molecule has 1 aromatic rings. The van der Waals surface area contributed by atoms with E-state index >= 15 is 0 Å². The number of carbonyl (C=O) groups is 1. The summed E-state index contributed by atoms with van der Waals surface area (Å²) in [4.78, 5) is 10.8. The Balaban J connectivity index is 2.19. The first kappa shape index (κ1) is 11.1. The van der Waals surface area contributed by atoms with Gasteiger partial charge in [-0.15, -0.1) is 0 Å². The molecular weight excluding hydrogens is 202 g/mol. The van der Waals surface area contributed by atoms with Gasteiger partial charge >= 0.3 is 5.97 Å². The highest BCUT2D eigenvalue weighted by Crippen LogP contribution is 2.46. The second-order valence-corrected chi connectivity index (χ2v) is 4.73. The number of nitrogens with two attached hydrogens (primary N) is 1. The van der Waals surface area contributed by atoms with E-state index in [9.17, 15) is 4.79 Å². The predicted octanol–water partition coefficient (Wildman–Crippen LogP) is 2.02. The summed E-state index contributed by atoms with van der Waals surface area (Å²) in [5.74, 6) is -0.848. The SMILES string of the molecule is Cc1ccc(C)c(C(N)C2CC2C(=O)O)c1. The quantitative estimate of drug-likeness (QED) is 0.817. The van der Waals surface area contributed by atoms with E-state index in [1.807, 2.05) is 26.0 Å². The van der Waals surface area contributed by atoms with Gasteiger partial charge in [-0.1, -0.05) is 23.8 Å². The summed E-state index contributed by atoms with van der Waals surface area (Å²) in [7, 11) is 0. The van der Waals surface area contributed by atoms with Crippen LogP contribution in [0.15, 0.2) is 18.2 Å². The Morgan fingerprint density at radius 2 is 2.19 bits per heavy atom. The minimum atomic E-state index is -0.717.